The van der Waals surface area contributed by atoms with Gasteiger partial charge in [-0.3, -0.25) is 4.18 Å². The molecule has 0 radical (unpaired) electrons. The molecule has 0 saturated heterocycles. The van der Waals surface area contributed by atoms with Crippen LogP contribution in [0.2, 0.25) is 0 Å². The zero-order valence-electron chi connectivity index (χ0n) is 18.0. The SMILES string of the molecule is COS(=O)(=O)C(F)(F)C(F)(F)C(C)(F)F.c1ccc([S+](c2ccccc2)c2ccccc2)cc1. The van der Waals surface area contributed by atoms with Crippen molar-refractivity contribution >= 4 is 21.0 Å². The van der Waals surface area contributed by atoms with Gasteiger partial charge in [0.1, 0.15) is 0 Å². The van der Waals surface area contributed by atoms with Crippen molar-refractivity contribution in [2.75, 3.05) is 7.11 Å². The van der Waals surface area contributed by atoms with Crippen molar-refractivity contribution in [2.45, 2.75) is 38.7 Å². The summed E-state index contributed by atoms with van der Waals surface area (Å²) in [6.07, 6.45) is 0. The maximum absolute atomic E-state index is 12.5. The third-order valence-electron chi connectivity index (χ3n) is 4.39. The van der Waals surface area contributed by atoms with E-state index in [1.54, 1.807) is 0 Å². The summed E-state index contributed by atoms with van der Waals surface area (Å²) in [6, 6.07) is 32.2. The lowest BCUT2D eigenvalue weighted by atomic mass is 10.2. The van der Waals surface area contributed by atoms with E-state index in [4.69, 9.17) is 0 Å². The van der Waals surface area contributed by atoms with Gasteiger partial charge in [0.15, 0.2) is 14.7 Å². The molecular formula is C23H21F6O3S2+. The highest BCUT2D eigenvalue weighted by Gasteiger charge is 2.76. The molecule has 0 unspecified atom stereocenters. The Morgan fingerprint density at radius 1 is 0.647 bits per heavy atom. The van der Waals surface area contributed by atoms with Crippen molar-refractivity contribution in [1.82, 2.24) is 0 Å². The zero-order chi connectivity index (χ0) is 25.6. The van der Waals surface area contributed by atoms with E-state index in [2.05, 4.69) is 95.2 Å². The summed E-state index contributed by atoms with van der Waals surface area (Å²) in [6.45, 7) is -0.522. The van der Waals surface area contributed by atoms with Gasteiger partial charge in [-0.15, -0.1) is 0 Å². The number of benzene rings is 3. The van der Waals surface area contributed by atoms with Crippen LogP contribution >= 0.6 is 0 Å². The molecule has 0 aliphatic heterocycles. The van der Waals surface area contributed by atoms with Crippen molar-refractivity contribution in [3.05, 3.63) is 91.0 Å². The Balaban J connectivity index is 0.000000249. The van der Waals surface area contributed by atoms with Gasteiger partial charge in [0.25, 0.3) is 0 Å². The topological polar surface area (TPSA) is 43.4 Å². The minimum absolute atomic E-state index is 0.0146. The fourth-order valence-electron chi connectivity index (χ4n) is 2.60. The number of rotatable bonds is 7. The van der Waals surface area contributed by atoms with Gasteiger partial charge in [-0.25, -0.2) is 0 Å². The van der Waals surface area contributed by atoms with Crippen molar-refractivity contribution in [2.24, 2.45) is 0 Å². The van der Waals surface area contributed by atoms with E-state index in [0.717, 1.165) is 0 Å². The molecule has 0 spiro atoms. The van der Waals surface area contributed by atoms with Crippen LogP contribution < -0.4 is 0 Å². The zero-order valence-corrected chi connectivity index (χ0v) is 19.6. The second kappa shape index (κ2) is 10.8. The van der Waals surface area contributed by atoms with E-state index in [9.17, 15) is 34.8 Å². The van der Waals surface area contributed by atoms with E-state index < -0.39 is 34.1 Å². The predicted octanol–water partition coefficient (Wildman–Crippen LogP) is 6.63. The normalized spacial score (nSPS) is 12.7. The highest BCUT2D eigenvalue weighted by atomic mass is 32.2. The molecule has 3 nitrogen and oxygen atoms in total. The molecule has 0 atom stereocenters. The first kappa shape index (κ1) is 27.7. The molecule has 0 aliphatic rings. The first-order chi connectivity index (χ1) is 15.8. The summed E-state index contributed by atoms with van der Waals surface area (Å²) in [5, 5.41) is -6.01. The van der Waals surface area contributed by atoms with E-state index in [1.807, 2.05) is 0 Å². The standard InChI is InChI=1S/C18H15S.C5H6F6O3S/c1-4-10-16(11-5-1)19(17-12-6-2-7-13-17)18-14-8-3-9-15-18;1-3(6,7)4(8,9)5(10,11)15(12,13)14-2/h1-15H;1-2H3/q+1;. The summed E-state index contributed by atoms with van der Waals surface area (Å²) in [5.74, 6) is -11.3. The second-order valence-electron chi connectivity index (χ2n) is 6.85. The largest absolute Gasteiger partial charge is 0.438 e. The van der Waals surface area contributed by atoms with Crippen LogP contribution in [0, 0.1) is 0 Å². The molecule has 0 fully saturated rings. The lowest BCUT2D eigenvalue weighted by Crippen LogP contribution is -2.56. The molecule has 184 valence electrons. The molecule has 0 saturated carbocycles. The van der Waals surface area contributed by atoms with Gasteiger partial charge in [0.05, 0.1) is 18.0 Å². The quantitative estimate of drug-likeness (QED) is 0.198. The Kier molecular flexibility index (Phi) is 8.84. The first-order valence-corrected chi connectivity index (χ1v) is 12.2. The maximum atomic E-state index is 12.5. The molecule has 0 aromatic heterocycles. The number of hydrogen-bond donors (Lipinski definition) is 0. The van der Waals surface area contributed by atoms with Crippen LogP contribution in [0.3, 0.4) is 0 Å². The van der Waals surface area contributed by atoms with Gasteiger partial charge in [0, 0.05) is 6.92 Å². The fraction of sp³-hybridized carbons (Fsp3) is 0.217. The Bertz CT molecular complexity index is 1040. The maximum Gasteiger partial charge on any atom is 0.438 e. The van der Waals surface area contributed by atoms with Crippen LogP contribution in [-0.2, 0) is 25.2 Å². The molecule has 0 heterocycles. The van der Waals surface area contributed by atoms with Crippen LogP contribution in [0.1, 0.15) is 6.92 Å². The Morgan fingerprint density at radius 3 is 1.18 bits per heavy atom. The Labute approximate surface area is 196 Å². The van der Waals surface area contributed by atoms with Gasteiger partial charge >= 0.3 is 27.2 Å². The van der Waals surface area contributed by atoms with Crippen molar-refractivity contribution < 1.29 is 38.9 Å². The minimum atomic E-state index is -6.10. The fourth-order valence-corrected chi connectivity index (χ4v) is 5.40. The average Bonchev–Trinajstić information content (AvgIpc) is 2.81. The van der Waals surface area contributed by atoms with Crippen LogP contribution in [0.15, 0.2) is 106 Å². The van der Waals surface area contributed by atoms with E-state index in [1.165, 1.54) is 14.7 Å². The highest BCUT2D eigenvalue weighted by molar-refractivity contribution is 7.97. The van der Waals surface area contributed by atoms with Crippen molar-refractivity contribution in [1.29, 1.82) is 0 Å². The molecule has 3 aromatic rings. The van der Waals surface area contributed by atoms with E-state index >= 15 is 0 Å². The van der Waals surface area contributed by atoms with Crippen molar-refractivity contribution in [3.8, 4) is 0 Å². The van der Waals surface area contributed by atoms with E-state index in [-0.39, 0.29) is 18.0 Å². The lowest BCUT2D eigenvalue weighted by Gasteiger charge is -2.29. The van der Waals surface area contributed by atoms with Crippen LogP contribution in [0.25, 0.3) is 0 Å². The minimum Gasteiger partial charge on any atom is -0.269 e. The molecule has 11 heteroatoms. The summed E-state index contributed by atoms with van der Waals surface area (Å²) < 4.78 is 97.9. The van der Waals surface area contributed by atoms with Gasteiger partial charge in [-0.2, -0.15) is 34.8 Å². The molecule has 3 rings (SSSR count). The summed E-state index contributed by atoms with van der Waals surface area (Å²) in [5.41, 5.74) is 0. The molecule has 3 aromatic carbocycles. The molecule has 0 bridgehead atoms. The summed E-state index contributed by atoms with van der Waals surface area (Å²) in [7, 11) is -5.96. The Morgan fingerprint density at radius 2 is 0.941 bits per heavy atom. The van der Waals surface area contributed by atoms with E-state index in [0.29, 0.717) is 0 Å². The summed E-state index contributed by atoms with van der Waals surface area (Å²) >= 11 is 0. The molecule has 0 amide bonds. The second-order valence-corrected chi connectivity index (χ2v) is 10.6. The summed E-state index contributed by atoms with van der Waals surface area (Å²) in [4.78, 5) is 4.08. The predicted molar refractivity (Wildman–Crippen MR) is 118 cm³/mol. The first-order valence-electron chi connectivity index (χ1n) is 9.59. The average molecular weight is 524 g/mol. The van der Waals surface area contributed by atoms with Crippen LogP contribution in [-0.4, -0.2) is 32.6 Å². The molecule has 0 N–H and O–H groups in total. The Hall–Kier alpha value is -2.50. The van der Waals surface area contributed by atoms with Crippen molar-refractivity contribution in [3.63, 3.8) is 0 Å². The van der Waals surface area contributed by atoms with Crippen LogP contribution in [0.4, 0.5) is 26.3 Å². The lowest BCUT2D eigenvalue weighted by molar-refractivity contribution is -0.273. The third kappa shape index (κ3) is 5.94. The smallest absolute Gasteiger partial charge is 0.269 e. The van der Waals surface area contributed by atoms with Gasteiger partial charge in [-0.1, -0.05) is 54.6 Å². The van der Waals surface area contributed by atoms with Gasteiger partial charge < -0.3 is 0 Å². The highest BCUT2D eigenvalue weighted by Crippen LogP contribution is 2.48. The van der Waals surface area contributed by atoms with Gasteiger partial charge in [-0.05, 0) is 36.4 Å². The molecule has 34 heavy (non-hydrogen) atoms. The van der Waals surface area contributed by atoms with Crippen LogP contribution in [0.5, 0.6) is 0 Å². The molecular weight excluding hydrogens is 502 g/mol. The number of hydrogen-bond acceptors (Lipinski definition) is 3. The monoisotopic (exact) mass is 523 g/mol. The number of alkyl halides is 6. The third-order valence-corrected chi connectivity index (χ3v) is 7.94. The number of halogens is 6. The van der Waals surface area contributed by atoms with Gasteiger partial charge in [0.2, 0.25) is 0 Å². The molecule has 0 aliphatic carbocycles.